The van der Waals surface area contributed by atoms with E-state index < -0.39 is 15.9 Å². The molecule has 0 atom stereocenters. The molecule has 3 aromatic rings. The number of nitrogens with zero attached hydrogens (tertiary/aromatic N) is 2. The van der Waals surface area contributed by atoms with E-state index in [9.17, 15) is 18.0 Å². The minimum absolute atomic E-state index is 0.00612. The number of anilines is 3. The number of para-hydroxylation sites is 3. The molecular formula is C25H24ClN3O4S. The molecule has 1 heterocycles. The normalized spacial score (nSPS) is 13.7. The van der Waals surface area contributed by atoms with Crippen LogP contribution in [0.1, 0.15) is 30.1 Å². The lowest BCUT2D eigenvalue weighted by Crippen LogP contribution is -2.31. The lowest BCUT2D eigenvalue weighted by atomic mass is 10.2. The molecule has 1 aliphatic heterocycles. The zero-order valence-corrected chi connectivity index (χ0v) is 20.1. The second-order valence-electron chi connectivity index (χ2n) is 7.77. The van der Waals surface area contributed by atoms with Gasteiger partial charge in [-0.3, -0.25) is 13.9 Å². The highest BCUT2D eigenvalue weighted by molar-refractivity contribution is 7.92. The van der Waals surface area contributed by atoms with Crippen molar-refractivity contribution in [2.24, 2.45) is 0 Å². The third-order valence-electron chi connectivity index (χ3n) is 5.62. The zero-order valence-electron chi connectivity index (χ0n) is 18.6. The summed E-state index contributed by atoms with van der Waals surface area (Å²) in [5.74, 6) is -0.572. The Labute approximate surface area is 204 Å². The summed E-state index contributed by atoms with van der Waals surface area (Å²) in [6.07, 6.45) is 1.21. The van der Waals surface area contributed by atoms with Crippen molar-refractivity contribution in [3.63, 3.8) is 0 Å². The Morgan fingerprint density at radius 1 is 1.06 bits per heavy atom. The predicted octanol–water partition coefficient (Wildman–Crippen LogP) is 4.93. The molecule has 3 aromatic carbocycles. The number of rotatable bonds is 7. The van der Waals surface area contributed by atoms with Gasteiger partial charge >= 0.3 is 0 Å². The molecule has 2 amide bonds. The first-order valence-electron chi connectivity index (χ1n) is 10.9. The Kier molecular flexibility index (Phi) is 6.90. The Hall–Kier alpha value is -3.36. The molecule has 0 saturated carbocycles. The number of sulfonamides is 1. The molecule has 34 heavy (non-hydrogen) atoms. The van der Waals surface area contributed by atoms with Gasteiger partial charge in [-0.1, -0.05) is 41.9 Å². The SMILES string of the molecule is CCN(c1ccccc1)S(=O)(=O)c1ccc(Cl)c(C(=O)Nc2ccccc2N2CCCC2=O)c1. The van der Waals surface area contributed by atoms with Crippen molar-refractivity contribution < 1.29 is 18.0 Å². The molecular weight excluding hydrogens is 474 g/mol. The van der Waals surface area contributed by atoms with Crippen LogP contribution in [0.2, 0.25) is 5.02 Å². The standard InChI is InChI=1S/C25H24ClN3O4S/c1-2-29(18-9-4-3-5-10-18)34(32,33)19-14-15-21(26)20(17-19)25(31)27-22-11-6-7-12-23(22)28-16-8-13-24(28)30/h3-7,9-12,14-15,17H,2,8,13,16H2,1H3,(H,27,31). The molecule has 1 fully saturated rings. The van der Waals surface area contributed by atoms with Crippen LogP contribution in [0, 0.1) is 0 Å². The van der Waals surface area contributed by atoms with Crippen molar-refractivity contribution in [2.45, 2.75) is 24.7 Å². The molecule has 0 unspecified atom stereocenters. The fraction of sp³-hybridized carbons (Fsp3) is 0.200. The van der Waals surface area contributed by atoms with Crippen LogP contribution in [0.5, 0.6) is 0 Å². The summed E-state index contributed by atoms with van der Waals surface area (Å²) < 4.78 is 28.0. The van der Waals surface area contributed by atoms with Crippen molar-refractivity contribution in [3.8, 4) is 0 Å². The van der Waals surface area contributed by atoms with Crippen LogP contribution in [0.25, 0.3) is 0 Å². The maximum atomic E-state index is 13.4. The molecule has 176 valence electrons. The van der Waals surface area contributed by atoms with Crippen molar-refractivity contribution in [3.05, 3.63) is 83.4 Å². The first-order chi connectivity index (χ1) is 16.3. The third kappa shape index (κ3) is 4.64. The average molecular weight is 498 g/mol. The van der Waals surface area contributed by atoms with Gasteiger partial charge in [0.1, 0.15) is 0 Å². The van der Waals surface area contributed by atoms with Gasteiger partial charge in [-0.15, -0.1) is 0 Å². The van der Waals surface area contributed by atoms with E-state index in [4.69, 9.17) is 11.6 Å². The topological polar surface area (TPSA) is 86.8 Å². The van der Waals surface area contributed by atoms with Gasteiger partial charge in [-0.25, -0.2) is 8.42 Å². The Morgan fingerprint density at radius 3 is 2.44 bits per heavy atom. The number of amides is 2. The van der Waals surface area contributed by atoms with Gasteiger partial charge in [0.2, 0.25) is 5.91 Å². The van der Waals surface area contributed by atoms with E-state index in [1.165, 1.54) is 22.5 Å². The van der Waals surface area contributed by atoms with Crippen molar-refractivity contribution in [1.82, 2.24) is 0 Å². The summed E-state index contributed by atoms with van der Waals surface area (Å²) in [6, 6.07) is 19.8. The second-order valence-corrected chi connectivity index (χ2v) is 10.0. The van der Waals surface area contributed by atoms with E-state index in [1.54, 1.807) is 60.4 Å². The van der Waals surface area contributed by atoms with Crippen molar-refractivity contribution in [2.75, 3.05) is 27.6 Å². The van der Waals surface area contributed by atoms with Crippen LogP contribution >= 0.6 is 11.6 Å². The third-order valence-corrected chi connectivity index (χ3v) is 7.85. The quantitative estimate of drug-likeness (QED) is 0.501. The summed E-state index contributed by atoms with van der Waals surface area (Å²) in [7, 11) is -3.94. The predicted molar refractivity (Wildman–Crippen MR) is 134 cm³/mol. The van der Waals surface area contributed by atoms with Crippen LogP contribution < -0.4 is 14.5 Å². The average Bonchev–Trinajstić information content (AvgIpc) is 3.26. The van der Waals surface area contributed by atoms with Crippen LogP contribution in [-0.4, -0.2) is 33.3 Å². The number of halogens is 1. The summed E-state index contributed by atoms with van der Waals surface area (Å²) in [5, 5.41) is 2.91. The Balaban J connectivity index is 1.66. The van der Waals surface area contributed by atoms with Gasteiger partial charge in [-0.2, -0.15) is 0 Å². The summed E-state index contributed by atoms with van der Waals surface area (Å²) in [6.45, 7) is 2.53. The molecule has 1 N–H and O–H groups in total. The number of hydrogen-bond donors (Lipinski definition) is 1. The minimum atomic E-state index is -3.94. The number of benzene rings is 3. The van der Waals surface area contributed by atoms with Crippen molar-refractivity contribution >= 4 is 50.5 Å². The lowest BCUT2D eigenvalue weighted by Gasteiger charge is -2.23. The maximum Gasteiger partial charge on any atom is 0.264 e. The van der Waals surface area contributed by atoms with Crippen LogP contribution in [0.15, 0.2) is 77.7 Å². The van der Waals surface area contributed by atoms with E-state index in [0.29, 0.717) is 30.0 Å². The molecule has 4 rings (SSSR count). The molecule has 0 spiro atoms. The first-order valence-corrected chi connectivity index (χ1v) is 12.7. The van der Waals surface area contributed by atoms with Crippen LogP contribution in [0.4, 0.5) is 17.1 Å². The molecule has 1 saturated heterocycles. The number of carbonyl (C=O) groups excluding carboxylic acids is 2. The number of carbonyl (C=O) groups is 2. The fourth-order valence-electron chi connectivity index (χ4n) is 3.96. The largest absolute Gasteiger partial charge is 0.320 e. The highest BCUT2D eigenvalue weighted by Gasteiger charge is 2.27. The summed E-state index contributed by atoms with van der Waals surface area (Å²) in [4.78, 5) is 27.0. The number of nitrogens with one attached hydrogen (secondary N) is 1. The molecule has 0 radical (unpaired) electrons. The molecule has 0 aromatic heterocycles. The smallest absolute Gasteiger partial charge is 0.264 e. The van der Waals surface area contributed by atoms with E-state index in [-0.39, 0.29) is 27.9 Å². The fourth-order valence-corrected chi connectivity index (χ4v) is 5.66. The van der Waals surface area contributed by atoms with Gasteiger partial charge in [0.25, 0.3) is 15.9 Å². The molecule has 0 bridgehead atoms. The van der Waals surface area contributed by atoms with Gasteiger partial charge in [0.15, 0.2) is 0 Å². The van der Waals surface area contributed by atoms with E-state index in [0.717, 1.165) is 6.42 Å². The van der Waals surface area contributed by atoms with E-state index >= 15 is 0 Å². The summed E-state index contributed by atoms with van der Waals surface area (Å²) in [5.41, 5.74) is 1.59. The van der Waals surface area contributed by atoms with Gasteiger partial charge in [0, 0.05) is 19.5 Å². The molecule has 7 nitrogen and oxygen atoms in total. The molecule has 9 heteroatoms. The van der Waals surface area contributed by atoms with Crippen molar-refractivity contribution in [1.29, 1.82) is 0 Å². The highest BCUT2D eigenvalue weighted by atomic mass is 35.5. The highest BCUT2D eigenvalue weighted by Crippen LogP contribution is 2.31. The maximum absolute atomic E-state index is 13.4. The zero-order chi connectivity index (χ0) is 24.3. The minimum Gasteiger partial charge on any atom is -0.320 e. The summed E-state index contributed by atoms with van der Waals surface area (Å²) >= 11 is 6.29. The first kappa shape index (κ1) is 23.8. The van der Waals surface area contributed by atoms with E-state index in [2.05, 4.69) is 5.32 Å². The Morgan fingerprint density at radius 2 is 1.76 bits per heavy atom. The van der Waals surface area contributed by atoms with Gasteiger partial charge < -0.3 is 10.2 Å². The molecule has 0 aliphatic carbocycles. The monoisotopic (exact) mass is 497 g/mol. The van der Waals surface area contributed by atoms with Crippen LogP contribution in [-0.2, 0) is 14.8 Å². The van der Waals surface area contributed by atoms with E-state index in [1.807, 2.05) is 6.07 Å². The number of hydrogen-bond acceptors (Lipinski definition) is 4. The van der Waals surface area contributed by atoms with Gasteiger partial charge in [-0.05, 0) is 55.8 Å². The van der Waals surface area contributed by atoms with Gasteiger partial charge in [0.05, 0.1) is 32.5 Å². The second kappa shape index (κ2) is 9.87. The molecule has 1 aliphatic rings. The lowest BCUT2D eigenvalue weighted by molar-refractivity contribution is -0.117. The Bertz CT molecular complexity index is 1330. The van der Waals surface area contributed by atoms with Crippen LogP contribution in [0.3, 0.4) is 0 Å².